The number of benzene rings is 3. The summed E-state index contributed by atoms with van der Waals surface area (Å²) in [5, 5.41) is 11.4. The van der Waals surface area contributed by atoms with Crippen LogP contribution in [0.4, 0.5) is 5.69 Å². The Morgan fingerprint density at radius 3 is 2.54 bits per heavy atom. The van der Waals surface area contributed by atoms with Crippen LogP contribution in [0, 0.1) is 10.1 Å². The van der Waals surface area contributed by atoms with Gasteiger partial charge in [-0.2, -0.15) is 0 Å². The van der Waals surface area contributed by atoms with Crippen molar-refractivity contribution < 1.29 is 9.66 Å². The first-order chi connectivity index (χ1) is 16.9. The number of nitrogens with zero attached hydrogens (tertiary/aromatic N) is 3. The molecule has 3 aromatic carbocycles. The Kier molecular flexibility index (Phi) is 6.19. The zero-order valence-electron chi connectivity index (χ0n) is 18.4. The van der Waals surface area contributed by atoms with Gasteiger partial charge in [0.15, 0.2) is 10.6 Å². The molecular formula is C26H18BrN3O4S. The topological polar surface area (TPSA) is 86.7 Å². The SMILES string of the molecule is COc1ccc(C=c2sc3n(c2=O)C(c2ccc(Br)cc2)C=C(c2ccccc2)N=3)cc1[N+](=O)[O-]. The van der Waals surface area contributed by atoms with Gasteiger partial charge in [0.2, 0.25) is 0 Å². The Hall–Kier alpha value is -3.82. The van der Waals surface area contributed by atoms with E-state index in [9.17, 15) is 14.9 Å². The molecule has 4 aromatic rings. The summed E-state index contributed by atoms with van der Waals surface area (Å²) in [5.74, 6) is 0.163. The van der Waals surface area contributed by atoms with Gasteiger partial charge < -0.3 is 4.74 Å². The molecular weight excluding hydrogens is 530 g/mol. The molecule has 1 aliphatic rings. The van der Waals surface area contributed by atoms with Crippen LogP contribution in [0.1, 0.15) is 22.7 Å². The molecule has 1 unspecified atom stereocenters. The molecule has 0 saturated heterocycles. The first-order valence-corrected chi connectivity index (χ1v) is 12.2. The second kappa shape index (κ2) is 9.44. The predicted octanol–water partition coefficient (Wildman–Crippen LogP) is 4.68. The van der Waals surface area contributed by atoms with E-state index in [0.29, 0.717) is 14.9 Å². The fourth-order valence-corrected chi connectivity index (χ4v) is 5.22. The highest BCUT2D eigenvalue weighted by molar-refractivity contribution is 9.10. The number of rotatable bonds is 5. The van der Waals surface area contributed by atoms with E-state index in [0.717, 1.165) is 21.3 Å². The summed E-state index contributed by atoms with van der Waals surface area (Å²) in [6.45, 7) is 0. The molecule has 0 radical (unpaired) electrons. The Balaban J connectivity index is 1.70. The number of aromatic nitrogens is 1. The Morgan fingerprint density at radius 2 is 1.86 bits per heavy atom. The van der Waals surface area contributed by atoms with E-state index in [2.05, 4.69) is 15.9 Å². The number of fused-ring (bicyclic) bond motifs is 1. The number of thiazole rings is 1. The minimum atomic E-state index is -0.503. The van der Waals surface area contributed by atoms with Crippen LogP contribution in [-0.2, 0) is 0 Å². The van der Waals surface area contributed by atoms with E-state index in [-0.39, 0.29) is 23.0 Å². The molecule has 0 spiro atoms. The number of halogens is 1. The summed E-state index contributed by atoms with van der Waals surface area (Å²) in [6.07, 6.45) is 3.64. The maximum absolute atomic E-state index is 13.5. The van der Waals surface area contributed by atoms with Crippen molar-refractivity contribution in [3.8, 4) is 5.75 Å². The van der Waals surface area contributed by atoms with Crippen molar-refractivity contribution >= 4 is 44.7 Å². The second-order valence-corrected chi connectivity index (χ2v) is 9.71. The monoisotopic (exact) mass is 547 g/mol. The quantitative estimate of drug-likeness (QED) is 0.268. The van der Waals surface area contributed by atoms with Crippen molar-refractivity contribution in [2.75, 3.05) is 7.11 Å². The zero-order chi connectivity index (χ0) is 24.5. The molecule has 0 fully saturated rings. The highest BCUT2D eigenvalue weighted by Gasteiger charge is 2.23. The molecule has 35 heavy (non-hydrogen) atoms. The number of methoxy groups -OCH3 is 1. The molecule has 0 bridgehead atoms. The number of hydrogen-bond acceptors (Lipinski definition) is 6. The van der Waals surface area contributed by atoms with Gasteiger partial charge in [-0.1, -0.05) is 75.8 Å². The molecule has 9 heteroatoms. The van der Waals surface area contributed by atoms with Crippen molar-refractivity contribution in [3.63, 3.8) is 0 Å². The minimum Gasteiger partial charge on any atom is -0.490 e. The van der Waals surface area contributed by atoms with Crippen LogP contribution in [0.3, 0.4) is 0 Å². The number of hydrogen-bond donors (Lipinski definition) is 0. The van der Waals surface area contributed by atoms with E-state index in [1.807, 2.05) is 60.7 Å². The lowest BCUT2D eigenvalue weighted by Gasteiger charge is -2.19. The van der Waals surface area contributed by atoms with Crippen molar-refractivity contribution in [2.24, 2.45) is 4.99 Å². The van der Waals surface area contributed by atoms with E-state index in [1.165, 1.54) is 30.6 Å². The standard InChI is InChI=1S/C26H18BrN3O4S/c1-34-23-12-7-16(13-22(23)30(32)33)14-24-25(31)29-21(18-8-10-19(27)11-9-18)15-20(28-26(29)35-24)17-5-3-2-4-6-17/h2-15,21H,1H3. The van der Waals surface area contributed by atoms with Crippen molar-refractivity contribution in [2.45, 2.75) is 6.04 Å². The summed E-state index contributed by atoms with van der Waals surface area (Å²) in [7, 11) is 1.38. The largest absolute Gasteiger partial charge is 0.490 e. The average molecular weight is 548 g/mol. The van der Waals surface area contributed by atoms with Gasteiger partial charge in [0.1, 0.15) is 0 Å². The molecule has 7 nitrogen and oxygen atoms in total. The van der Waals surface area contributed by atoms with Crippen LogP contribution in [0.15, 0.2) is 93.1 Å². The van der Waals surface area contributed by atoms with Crippen LogP contribution >= 0.6 is 27.3 Å². The lowest BCUT2D eigenvalue weighted by Crippen LogP contribution is -2.36. The van der Waals surface area contributed by atoms with Crippen molar-refractivity contribution in [1.29, 1.82) is 0 Å². The lowest BCUT2D eigenvalue weighted by atomic mass is 10.0. The van der Waals surface area contributed by atoms with Gasteiger partial charge in [-0.15, -0.1) is 0 Å². The molecule has 0 amide bonds. The Bertz CT molecular complexity index is 1640. The zero-order valence-corrected chi connectivity index (χ0v) is 20.8. The van der Waals surface area contributed by atoms with Crippen LogP contribution < -0.4 is 19.6 Å². The molecule has 0 N–H and O–H groups in total. The third-order valence-corrected chi connectivity index (χ3v) is 7.14. The maximum Gasteiger partial charge on any atom is 0.311 e. The van der Waals surface area contributed by atoms with Gasteiger partial charge in [-0.05, 0) is 47.0 Å². The molecule has 2 heterocycles. The number of ether oxygens (including phenoxy) is 1. The van der Waals surface area contributed by atoms with Crippen LogP contribution in [-0.4, -0.2) is 16.6 Å². The van der Waals surface area contributed by atoms with Crippen molar-refractivity contribution in [3.05, 3.63) is 130 Å². The highest BCUT2D eigenvalue weighted by Crippen LogP contribution is 2.29. The van der Waals surface area contributed by atoms with Crippen LogP contribution in [0.2, 0.25) is 0 Å². The van der Waals surface area contributed by atoms with Gasteiger partial charge in [0.05, 0.1) is 28.3 Å². The van der Waals surface area contributed by atoms with E-state index in [1.54, 1.807) is 16.7 Å². The molecule has 1 atom stereocenters. The third kappa shape index (κ3) is 4.48. The second-order valence-electron chi connectivity index (χ2n) is 7.78. The molecule has 1 aromatic heterocycles. The fourth-order valence-electron chi connectivity index (χ4n) is 3.94. The Labute approximate surface area is 212 Å². The summed E-state index contributed by atoms with van der Waals surface area (Å²) in [5.41, 5.74) is 2.86. The first-order valence-electron chi connectivity index (χ1n) is 10.6. The summed E-state index contributed by atoms with van der Waals surface area (Å²) >= 11 is 4.73. The number of allylic oxidation sites excluding steroid dienone is 1. The average Bonchev–Trinajstić information content (AvgIpc) is 3.19. The smallest absolute Gasteiger partial charge is 0.311 e. The maximum atomic E-state index is 13.5. The van der Waals surface area contributed by atoms with E-state index in [4.69, 9.17) is 9.73 Å². The molecule has 0 saturated carbocycles. The first kappa shape index (κ1) is 22.9. The summed E-state index contributed by atoms with van der Waals surface area (Å²) in [4.78, 5) is 29.8. The predicted molar refractivity (Wildman–Crippen MR) is 139 cm³/mol. The molecule has 1 aliphatic heterocycles. The van der Waals surface area contributed by atoms with E-state index < -0.39 is 4.92 Å². The van der Waals surface area contributed by atoms with E-state index >= 15 is 0 Å². The van der Waals surface area contributed by atoms with Gasteiger partial charge in [0, 0.05) is 10.5 Å². The number of nitro benzene ring substituents is 1. The minimum absolute atomic E-state index is 0.159. The Morgan fingerprint density at radius 1 is 1.11 bits per heavy atom. The molecule has 5 rings (SSSR count). The van der Waals surface area contributed by atoms with Gasteiger partial charge >= 0.3 is 5.69 Å². The van der Waals surface area contributed by atoms with Crippen LogP contribution in [0.5, 0.6) is 5.75 Å². The normalized spacial score (nSPS) is 15.2. The molecule has 174 valence electrons. The summed E-state index contributed by atoms with van der Waals surface area (Å²) in [6, 6.07) is 21.9. The highest BCUT2D eigenvalue weighted by atomic mass is 79.9. The summed E-state index contributed by atoms with van der Waals surface area (Å²) < 4.78 is 8.14. The van der Waals surface area contributed by atoms with Gasteiger partial charge in [0.25, 0.3) is 5.56 Å². The van der Waals surface area contributed by atoms with Gasteiger partial charge in [-0.25, -0.2) is 4.99 Å². The van der Waals surface area contributed by atoms with Gasteiger partial charge in [-0.3, -0.25) is 19.5 Å². The van der Waals surface area contributed by atoms with Crippen LogP contribution in [0.25, 0.3) is 11.8 Å². The fraction of sp³-hybridized carbons (Fsp3) is 0.0769. The third-order valence-electron chi connectivity index (χ3n) is 5.63. The lowest BCUT2D eigenvalue weighted by molar-refractivity contribution is -0.385. The van der Waals surface area contributed by atoms with Crippen molar-refractivity contribution in [1.82, 2.24) is 4.57 Å². The number of nitro groups is 1. The molecule has 0 aliphatic carbocycles.